The van der Waals surface area contributed by atoms with Crippen LogP contribution in [0.3, 0.4) is 0 Å². The molecule has 180 valence electrons. The highest BCUT2D eigenvalue weighted by atomic mass is 16.4. The summed E-state index contributed by atoms with van der Waals surface area (Å²) in [6, 6.07) is 5.44. The van der Waals surface area contributed by atoms with E-state index in [4.69, 9.17) is 4.98 Å². The molecular formula is C24H30N6O4. The Morgan fingerprint density at radius 1 is 1.29 bits per heavy atom. The molecule has 1 fully saturated rings. The number of imidazole rings is 1. The second-order valence-corrected chi connectivity index (χ2v) is 9.46. The standard InChI is InChI=1S/C24H30N6O4/c1-16-4-5-17-18(30(16)23(32)33)6-7-19-22(17)27-20(8-13-28-12-3-11-26-28)29(19)14-21(31)25-15-24(34)9-2-10-24/h3,6-7,11-12,16,34H,2,4-5,8-10,13-15H2,1H3,(H,25,31)(H,32,33)/t16-/m0/s1. The van der Waals surface area contributed by atoms with Crippen LogP contribution in [0, 0.1) is 0 Å². The van der Waals surface area contributed by atoms with Gasteiger partial charge in [0.15, 0.2) is 0 Å². The minimum absolute atomic E-state index is 0.0822. The van der Waals surface area contributed by atoms with Crippen LogP contribution in [0.5, 0.6) is 0 Å². The van der Waals surface area contributed by atoms with Crippen LogP contribution in [0.15, 0.2) is 30.6 Å². The monoisotopic (exact) mass is 466 g/mol. The molecule has 0 spiro atoms. The van der Waals surface area contributed by atoms with E-state index in [-0.39, 0.29) is 25.0 Å². The molecule has 3 aromatic rings. The summed E-state index contributed by atoms with van der Waals surface area (Å²) in [4.78, 5) is 31.1. The minimum atomic E-state index is -0.973. The van der Waals surface area contributed by atoms with E-state index < -0.39 is 11.7 Å². The molecule has 1 aromatic carbocycles. The lowest BCUT2D eigenvalue weighted by Crippen LogP contribution is -2.48. The third kappa shape index (κ3) is 4.13. The average Bonchev–Trinajstić information content (AvgIpc) is 3.42. The first-order valence-electron chi connectivity index (χ1n) is 11.8. The second-order valence-electron chi connectivity index (χ2n) is 9.46. The number of carbonyl (C=O) groups is 2. The smallest absolute Gasteiger partial charge is 0.412 e. The predicted octanol–water partition coefficient (Wildman–Crippen LogP) is 2.33. The maximum absolute atomic E-state index is 12.8. The van der Waals surface area contributed by atoms with Crippen LogP contribution >= 0.6 is 0 Å². The molecule has 2 amide bonds. The van der Waals surface area contributed by atoms with Gasteiger partial charge in [0.1, 0.15) is 12.4 Å². The third-order valence-corrected chi connectivity index (χ3v) is 7.12. The molecule has 0 saturated heterocycles. The number of amides is 2. The van der Waals surface area contributed by atoms with E-state index >= 15 is 0 Å². The van der Waals surface area contributed by atoms with Gasteiger partial charge in [-0.3, -0.25) is 14.4 Å². The third-order valence-electron chi connectivity index (χ3n) is 7.12. The average molecular weight is 467 g/mol. The molecule has 3 heterocycles. The number of hydrogen-bond donors (Lipinski definition) is 3. The normalized spacial score (nSPS) is 19.0. The zero-order chi connectivity index (χ0) is 23.9. The van der Waals surface area contributed by atoms with Gasteiger partial charge >= 0.3 is 6.09 Å². The first-order chi connectivity index (χ1) is 16.3. The number of hydrogen-bond acceptors (Lipinski definition) is 5. The van der Waals surface area contributed by atoms with Crippen molar-refractivity contribution < 1.29 is 19.8 Å². The molecule has 1 atom stereocenters. The number of aryl methyl sites for hydroxylation is 3. The highest BCUT2D eigenvalue weighted by Crippen LogP contribution is 2.36. The van der Waals surface area contributed by atoms with Gasteiger partial charge < -0.3 is 20.1 Å². The fraction of sp³-hybridized carbons (Fsp3) is 0.500. The van der Waals surface area contributed by atoms with Gasteiger partial charge in [0.05, 0.1) is 22.3 Å². The molecule has 1 saturated carbocycles. The van der Waals surface area contributed by atoms with Gasteiger partial charge in [0.25, 0.3) is 0 Å². The fourth-order valence-corrected chi connectivity index (χ4v) is 5.01. The summed E-state index contributed by atoms with van der Waals surface area (Å²) in [6.45, 7) is 2.86. The Morgan fingerprint density at radius 2 is 2.12 bits per heavy atom. The number of rotatable bonds is 7. The van der Waals surface area contributed by atoms with Crippen molar-refractivity contribution in [3.8, 4) is 0 Å². The van der Waals surface area contributed by atoms with E-state index in [1.54, 1.807) is 6.20 Å². The highest BCUT2D eigenvalue weighted by molar-refractivity contribution is 5.95. The van der Waals surface area contributed by atoms with Crippen molar-refractivity contribution in [2.45, 2.75) is 70.2 Å². The van der Waals surface area contributed by atoms with Crippen LogP contribution < -0.4 is 10.2 Å². The van der Waals surface area contributed by atoms with Gasteiger partial charge in [-0.2, -0.15) is 5.10 Å². The maximum Gasteiger partial charge on any atom is 0.412 e. The number of benzene rings is 1. The molecule has 1 aliphatic carbocycles. The zero-order valence-corrected chi connectivity index (χ0v) is 19.3. The van der Waals surface area contributed by atoms with E-state index in [1.165, 1.54) is 4.90 Å². The number of fused-ring (bicyclic) bond motifs is 3. The lowest BCUT2D eigenvalue weighted by atomic mass is 9.80. The number of carbonyl (C=O) groups excluding carboxylic acids is 1. The first kappa shape index (κ1) is 22.4. The Labute approximate surface area is 197 Å². The highest BCUT2D eigenvalue weighted by Gasteiger charge is 2.35. The molecule has 10 heteroatoms. The summed E-state index contributed by atoms with van der Waals surface area (Å²) in [5, 5.41) is 27.2. The SMILES string of the molecule is C[C@H]1CCc2c(ccc3c2nc(CCn2cccn2)n3CC(=O)NCC2(O)CCC2)N1C(=O)O. The van der Waals surface area contributed by atoms with Crippen molar-refractivity contribution in [3.05, 3.63) is 42.0 Å². The molecule has 34 heavy (non-hydrogen) atoms. The lowest BCUT2D eigenvalue weighted by Gasteiger charge is -2.36. The second kappa shape index (κ2) is 8.75. The van der Waals surface area contributed by atoms with Crippen LogP contribution in [0.2, 0.25) is 0 Å². The summed E-state index contributed by atoms with van der Waals surface area (Å²) in [5.41, 5.74) is 2.34. The van der Waals surface area contributed by atoms with Crippen LogP contribution in [-0.2, 0) is 30.7 Å². The fourth-order valence-electron chi connectivity index (χ4n) is 5.01. The van der Waals surface area contributed by atoms with Gasteiger partial charge in [0, 0.05) is 43.5 Å². The van der Waals surface area contributed by atoms with Gasteiger partial charge in [0.2, 0.25) is 5.91 Å². The Hall–Kier alpha value is -3.40. The van der Waals surface area contributed by atoms with E-state index in [1.807, 2.05) is 40.6 Å². The summed E-state index contributed by atoms with van der Waals surface area (Å²) in [6.07, 6.45) is 7.04. The van der Waals surface area contributed by atoms with Gasteiger partial charge in [-0.05, 0) is 57.2 Å². The van der Waals surface area contributed by atoms with Crippen molar-refractivity contribution in [2.24, 2.45) is 0 Å². The summed E-state index contributed by atoms with van der Waals surface area (Å²) in [7, 11) is 0. The molecule has 3 N–H and O–H groups in total. The van der Waals surface area contributed by atoms with E-state index in [0.29, 0.717) is 37.9 Å². The first-order valence-corrected chi connectivity index (χ1v) is 11.8. The van der Waals surface area contributed by atoms with Crippen molar-refractivity contribution >= 4 is 28.7 Å². The van der Waals surface area contributed by atoms with Gasteiger partial charge in [-0.25, -0.2) is 9.78 Å². The maximum atomic E-state index is 12.8. The van der Waals surface area contributed by atoms with Gasteiger partial charge in [-0.1, -0.05) is 0 Å². The van der Waals surface area contributed by atoms with E-state index in [0.717, 1.165) is 35.3 Å². The molecule has 5 rings (SSSR count). The van der Waals surface area contributed by atoms with Crippen LogP contribution in [0.1, 0.15) is 44.0 Å². The summed E-state index contributed by atoms with van der Waals surface area (Å²) in [5.74, 6) is 0.565. The minimum Gasteiger partial charge on any atom is -0.465 e. The number of nitrogens with zero attached hydrogens (tertiary/aromatic N) is 5. The molecular weight excluding hydrogens is 436 g/mol. The lowest BCUT2D eigenvalue weighted by molar-refractivity contribution is -0.124. The van der Waals surface area contributed by atoms with E-state index in [9.17, 15) is 19.8 Å². The molecule has 1 aliphatic heterocycles. The van der Waals surface area contributed by atoms with Crippen molar-refractivity contribution in [1.82, 2.24) is 24.6 Å². The quantitative estimate of drug-likeness (QED) is 0.491. The summed E-state index contributed by atoms with van der Waals surface area (Å²) < 4.78 is 3.72. The van der Waals surface area contributed by atoms with E-state index in [2.05, 4.69) is 10.4 Å². The van der Waals surface area contributed by atoms with Crippen molar-refractivity contribution in [3.63, 3.8) is 0 Å². The molecule has 2 aliphatic rings. The number of anilines is 1. The number of carboxylic acid groups (broad SMARTS) is 1. The van der Waals surface area contributed by atoms with Crippen LogP contribution in [-0.4, -0.2) is 59.7 Å². The Morgan fingerprint density at radius 3 is 2.79 bits per heavy atom. The zero-order valence-electron chi connectivity index (χ0n) is 19.3. The Balaban J connectivity index is 1.48. The largest absolute Gasteiger partial charge is 0.465 e. The Kier molecular flexibility index (Phi) is 5.76. The van der Waals surface area contributed by atoms with Crippen molar-refractivity contribution in [2.75, 3.05) is 11.4 Å². The van der Waals surface area contributed by atoms with Crippen LogP contribution in [0.4, 0.5) is 10.5 Å². The molecule has 0 bridgehead atoms. The van der Waals surface area contributed by atoms with Crippen molar-refractivity contribution in [1.29, 1.82) is 0 Å². The topological polar surface area (TPSA) is 126 Å². The molecule has 2 aromatic heterocycles. The number of aliphatic hydroxyl groups is 1. The van der Waals surface area contributed by atoms with Gasteiger partial charge in [-0.15, -0.1) is 0 Å². The summed E-state index contributed by atoms with van der Waals surface area (Å²) >= 11 is 0. The molecule has 0 unspecified atom stereocenters. The number of nitrogens with one attached hydrogen (secondary N) is 1. The molecule has 0 radical (unpaired) electrons. The molecule has 10 nitrogen and oxygen atoms in total. The Bertz CT molecular complexity index is 1210. The number of aromatic nitrogens is 4. The van der Waals surface area contributed by atoms with Crippen LogP contribution in [0.25, 0.3) is 11.0 Å². The predicted molar refractivity (Wildman–Crippen MR) is 126 cm³/mol.